The van der Waals surface area contributed by atoms with Gasteiger partial charge >= 0.3 is 0 Å². The van der Waals surface area contributed by atoms with E-state index in [0.29, 0.717) is 0 Å². The van der Waals surface area contributed by atoms with Crippen molar-refractivity contribution in [3.63, 3.8) is 0 Å². The van der Waals surface area contributed by atoms with Crippen LogP contribution >= 0.6 is 23.4 Å². The molecular formula is C10H8ClNS. The fourth-order valence-electron chi connectivity index (χ4n) is 1.11. The minimum atomic E-state index is -0.148. The molecule has 13 heavy (non-hydrogen) atoms. The molecule has 0 radical (unpaired) electrons. The third kappa shape index (κ3) is 1.99. The maximum absolute atomic E-state index is 8.88. The molecular weight excluding hydrogens is 202 g/mol. The van der Waals surface area contributed by atoms with Gasteiger partial charge in [0, 0.05) is 9.92 Å². The number of rotatable bonds is 2. The first kappa shape index (κ1) is 8.93. The Hall–Kier alpha value is -0.650. The number of hydrogen-bond acceptors (Lipinski definition) is 2. The second-order valence-corrected chi connectivity index (χ2v) is 5.06. The predicted molar refractivity (Wildman–Crippen MR) is 54.9 cm³/mol. The van der Waals surface area contributed by atoms with E-state index in [4.69, 9.17) is 16.9 Å². The van der Waals surface area contributed by atoms with E-state index in [9.17, 15) is 0 Å². The van der Waals surface area contributed by atoms with Crippen LogP contribution in [0.4, 0.5) is 0 Å². The lowest BCUT2D eigenvalue weighted by Gasteiger charge is -2.04. The molecule has 3 heteroatoms. The number of hydrogen-bond donors (Lipinski definition) is 0. The molecule has 0 spiro atoms. The van der Waals surface area contributed by atoms with E-state index in [1.54, 1.807) is 11.8 Å². The van der Waals surface area contributed by atoms with Crippen molar-refractivity contribution in [2.24, 2.45) is 0 Å². The Labute approximate surface area is 86.7 Å². The predicted octanol–water partition coefficient (Wildman–Crippen LogP) is 3.49. The molecule has 0 heterocycles. The van der Waals surface area contributed by atoms with Crippen LogP contribution in [-0.4, -0.2) is 4.75 Å². The second kappa shape index (κ2) is 3.25. The van der Waals surface area contributed by atoms with Crippen molar-refractivity contribution >= 4 is 23.4 Å². The summed E-state index contributed by atoms with van der Waals surface area (Å²) in [6.07, 6.45) is 2.00. The minimum absolute atomic E-state index is 0.148. The molecule has 0 aromatic heterocycles. The van der Waals surface area contributed by atoms with Gasteiger partial charge in [-0.3, -0.25) is 0 Å². The molecule has 1 aromatic rings. The first-order valence-electron chi connectivity index (χ1n) is 4.10. The molecule has 0 saturated heterocycles. The molecule has 1 aromatic carbocycles. The summed E-state index contributed by atoms with van der Waals surface area (Å²) in [5, 5.41) is 9.62. The zero-order chi connectivity index (χ0) is 9.31. The van der Waals surface area contributed by atoms with Gasteiger partial charge in [0.05, 0.1) is 6.07 Å². The summed E-state index contributed by atoms with van der Waals surface area (Å²) in [6.45, 7) is 0. The van der Waals surface area contributed by atoms with Crippen LogP contribution in [0, 0.1) is 11.3 Å². The second-order valence-electron chi connectivity index (χ2n) is 3.17. The molecule has 1 nitrogen and oxygen atoms in total. The Bertz CT molecular complexity index is 365. The lowest BCUT2D eigenvalue weighted by molar-refractivity contribution is 1.19. The summed E-state index contributed by atoms with van der Waals surface area (Å²) >= 11 is 7.47. The first-order chi connectivity index (χ1) is 6.24. The number of nitrogens with zero attached hydrogens (tertiary/aromatic N) is 1. The van der Waals surface area contributed by atoms with Gasteiger partial charge in [0.25, 0.3) is 0 Å². The fraction of sp³-hybridized carbons (Fsp3) is 0.300. The van der Waals surface area contributed by atoms with Crippen LogP contribution in [0.1, 0.15) is 12.8 Å². The largest absolute Gasteiger partial charge is 0.197 e. The van der Waals surface area contributed by atoms with Crippen LogP contribution in [0.2, 0.25) is 5.02 Å². The van der Waals surface area contributed by atoms with E-state index < -0.39 is 0 Å². The van der Waals surface area contributed by atoms with Gasteiger partial charge in [-0.2, -0.15) is 5.26 Å². The molecule has 1 aliphatic rings. The Kier molecular flexibility index (Phi) is 2.23. The summed E-state index contributed by atoms with van der Waals surface area (Å²) < 4.78 is -0.148. The van der Waals surface area contributed by atoms with Crippen LogP contribution in [-0.2, 0) is 0 Å². The topological polar surface area (TPSA) is 23.8 Å². The van der Waals surface area contributed by atoms with Crippen molar-refractivity contribution in [2.45, 2.75) is 22.5 Å². The summed E-state index contributed by atoms with van der Waals surface area (Å²) in [5.41, 5.74) is 0. The summed E-state index contributed by atoms with van der Waals surface area (Å²) in [5.74, 6) is 0. The molecule has 0 atom stereocenters. The highest BCUT2D eigenvalue weighted by molar-refractivity contribution is 8.01. The lowest BCUT2D eigenvalue weighted by Crippen LogP contribution is -1.95. The SMILES string of the molecule is N#CC1(Sc2cccc(Cl)c2)CC1. The van der Waals surface area contributed by atoms with Gasteiger partial charge in [-0.05, 0) is 31.0 Å². The fourth-order valence-corrected chi connectivity index (χ4v) is 2.50. The molecule has 0 N–H and O–H groups in total. The highest BCUT2D eigenvalue weighted by Crippen LogP contribution is 2.51. The first-order valence-corrected chi connectivity index (χ1v) is 5.29. The van der Waals surface area contributed by atoms with Gasteiger partial charge < -0.3 is 0 Å². The third-order valence-corrected chi connectivity index (χ3v) is 3.63. The molecule has 66 valence electrons. The molecule has 1 fully saturated rings. The van der Waals surface area contributed by atoms with Gasteiger partial charge in [-0.1, -0.05) is 17.7 Å². The standard InChI is InChI=1S/C10H8ClNS/c11-8-2-1-3-9(6-8)13-10(7-12)4-5-10/h1-3,6H,4-5H2. The molecule has 2 rings (SSSR count). The van der Waals surface area contributed by atoms with Gasteiger partial charge in [0.1, 0.15) is 4.75 Å². The molecule has 1 aliphatic carbocycles. The Morgan fingerprint density at radius 2 is 2.23 bits per heavy atom. The summed E-state index contributed by atoms with van der Waals surface area (Å²) in [4.78, 5) is 1.09. The average Bonchev–Trinajstić information content (AvgIpc) is 2.86. The third-order valence-electron chi connectivity index (χ3n) is 2.02. The highest BCUT2D eigenvalue weighted by atomic mass is 35.5. The van der Waals surface area contributed by atoms with Gasteiger partial charge in [0.2, 0.25) is 0 Å². The minimum Gasteiger partial charge on any atom is -0.197 e. The number of thioether (sulfide) groups is 1. The quantitative estimate of drug-likeness (QED) is 0.745. The lowest BCUT2D eigenvalue weighted by atomic mass is 10.4. The maximum atomic E-state index is 8.88. The van der Waals surface area contributed by atoms with E-state index in [-0.39, 0.29) is 4.75 Å². The monoisotopic (exact) mass is 209 g/mol. The van der Waals surface area contributed by atoms with Gasteiger partial charge in [-0.25, -0.2) is 0 Å². The van der Waals surface area contributed by atoms with Crippen LogP contribution in [0.5, 0.6) is 0 Å². The van der Waals surface area contributed by atoms with Crippen LogP contribution in [0.3, 0.4) is 0 Å². The van der Waals surface area contributed by atoms with E-state index in [1.165, 1.54) is 0 Å². The van der Waals surface area contributed by atoms with Crippen molar-refractivity contribution in [1.29, 1.82) is 5.26 Å². The Morgan fingerprint density at radius 3 is 2.77 bits per heavy atom. The normalized spacial score (nSPS) is 17.8. The van der Waals surface area contributed by atoms with Crippen molar-refractivity contribution in [3.05, 3.63) is 29.3 Å². The highest BCUT2D eigenvalue weighted by Gasteiger charge is 2.44. The van der Waals surface area contributed by atoms with E-state index in [0.717, 1.165) is 22.8 Å². The molecule has 0 aliphatic heterocycles. The molecule has 1 saturated carbocycles. The number of halogens is 1. The zero-order valence-electron chi connectivity index (χ0n) is 6.96. The smallest absolute Gasteiger partial charge is 0.107 e. The van der Waals surface area contributed by atoms with E-state index in [1.807, 2.05) is 24.3 Å². The van der Waals surface area contributed by atoms with Crippen LogP contribution < -0.4 is 0 Å². The number of benzene rings is 1. The van der Waals surface area contributed by atoms with Gasteiger partial charge in [0.15, 0.2) is 0 Å². The summed E-state index contributed by atoms with van der Waals surface area (Å²) in [6, 6.07) is 10.0. The number of nitriles is 1. The van der Waals surface area contributed by atoms with Crippen molar-refractivity contribution in [1.82, 2.24) is 0 Å². The van der Waals surface area contributed by atoms with E-state index >= 15 is 0 Å². The summed E-state index contributed by atoms with van der Waals surface area (Å²) in [7, 11) is 0. The van der Waals surface area contributed by atoms with Crippen LogP contribution in [0.25, 0.3) is 0 Å². The Morgan fingerprint density at radius 1 is 1.46 bits per heavy atom. The van der Waals surface area contributed by atoms with Crippen molar-refractivity contribution < 1.29 is 0 Å². The van der Waals surface area contributed by atoms with Gasteiger partial charge in [-0.15, -0.1) is 11.8 Å². The average molecular weight is 210 g/mol. The van der Waals surface area contributed by atoms with E-state index in [2.05, 4.69) is 6.07 Å². The zero-order valence-corrected chi connectivity index (χ0v) is 8.53. The molecule has 0 bridgehead atoms. The van der Waals surface area contributed by atoms with Crippen molar-refractivity contribution in [2.75, 3.05) is 0 Å². The van der Waals surface area contributed by atoms with Crippen molar-refractivity contribution in [3.8, 4) is 6.07 Å². The Balaban J connectivity index is 2.15. The van der Waals surface area contributed by atoms with Crippen LogP contribution in [0.15, 0.2) is 29.2 Å². The molecule has 0 unspecified atom stereocenters. The maximum Gasteiger partial charge on any atom is 0.107 e. The molecule has 0 amide bonds.